The number of likely N-dealkylation sites (tertiary alicyclic amines) is 1. The van der Waals surface area contributed by atoms with Crippen LogP contribution >= 0.6 is 0 Å². The summed E-state index contributed by atoms with van der Waals surface area (Å²) in [4.78, 5) is 11.3. The molecule has 0 atom stereocenters. The summed E-state index contributed by atoms with van der Waals surface area (Å²) in [5.41, 5.74) is 0.787. The summed E-state index contributed by atoms with van der Waals surface area (Å²) >= 11 is 0. The third-order valence-electron chi connectivity index (χ3n) is 4.65. The van der Waals surface area contributed by atoms with Gasteiger partial charge in [-0.05, 0) is 71.3 Å². The molecule has 2 heterocycles. The van der Waals surface area contributed by atoms with E-state index in [0.29, 0.717) is 12.6 Å². The maximum Gasteiger partial charge on any atom is 0.229 e. The number of hydrogen-bond donors (Lipinski definition) is 2. The van der Waals surface area contributed by atoms with E-state index in [1.807, 2.05) is 24.3 Å². The monoisotopic (exact) mass is 399 g/mol. The van der Waals surface area contributed by atoms with Gasteiger partial charge in [-0.1, -0.05) is 0 Å². The average molecular weight is 400 g/mol. The van der Waals surface area contributed by atoms with Crippen LogP contribution in [0.4, 0.5) is 17.5 Å². The molecule has 0 radical (unpaired) electrons. The zero-order valence-electron chi connectivity index (χ0n) is 18.0. The van der Waals surface area contributed by atoms with E-state index >= 15 is 0 Å². The third kappa shape index (κ3) is 6.78. The van der Waals surface area contributed by atoms with E-state index in [2.05, 4.69) is 46.3 Å². The Hall–Kier alpha value is -2.54. The number of benzene rings is 1. The Morgan fingerprint density at radius 1 is 1.10 bits per heavy atom. The van der Waals surface area contributed by atoms with Gasteiger partial charge in [0.05, 0.1) is 13.7 Å². The molecule has 1 aliphatic rings. The smallest absolute Gasteiger partial charge is 0.229 e. The molecule has 7 nitrogen and oxygen atoms in total. The first kappa shape index (κ1) is 21.2. The Balaban J connectivity index is 1.61. The van der Waals surface area contributed by atoms with Crippen molar-refractivity contribution in [2.75, 3.05) is 44.0 Å². The quantitative estimate of drug-likeness (QED) is 0.609. The predicted molar refractivity (Wildman–Crippen MR) is 117 cm³/mol. The molecule has 1 aromatic carbocycles. The van der Waals surface area contributed by atoms with Crippen molar-refractivity contribution in [3.8, 4) is 11.5 Å². The van der Waals surface area contributed by atoms with E-state index < -0.39 is 0 Å². The zero-order chi connectivity index (χ0) is 20.7. The molecule has 0 aliphatic carbocycles. The molecule has 1 saturated heterocycles. The van der Waals surface area contributed by atoms with E-state index in [-0.39, 0.29) is 5.54 Å². The molecule has 0 amide bonds. The fraction of sp³-hybridized carbons (Fsp3) is 0.545. The van der Waals surface area contributed by atoms with E-state index in [4.69, 9.17) is 9.47 Å². The van der Waals surface area contributed by atoms with Crippen LogP contribution in [0.3, 0.4) is 0 Å². The molecule has 0 saturated carbocycles. The van der Waals surface area contributed by atoms with Gasteiger partial charge in [-0.25, -0.2) is 4.98 Å². The van der Waals surface area contributed by atoms with Gasteiger partial charge in [0.1, 0.15) is 5.82 Å². The average Bonchev–Trinajstić information content (AvgIpc) is 3.18. The SMILES string of the molecule is COc1ccc(Nc2nccc(NC(C)(C)C)n2)cc1OCCCN1CCCC1. The molecule has 3 rings (SSSR count). The number of aromatic nitrogens is 2. The first-order valence-corrected chi connectivity index (χ1v) is 10.3. The van der Waals surface area contributed by atoms with Crippen LogP contribution < -0.4 is 20.1 Å². The molecular weight excluding hydrogens is 366 g/mol. The van der Waals surface area contributed by atoms with Crippen molar-refractivity contribution in [3.05, 3.63) is 30.5 Å². The molecule has 29 heavy (non-hydrogen) atoms. The molecular formula is C22H33N5O2. The number of rotatable bonds is 9. The summed E-state index contributed by atoms with van der Waals surface area (Å²) in [5, 5.41) is 6.61. The van der Waals surface area contributed by atoms with Crippen LogP contribution in [-0.4, -0.2) is 53.8 Å². The van der Waals surface area contributed by atoms with Gasteiger partial charge in [-0.15, -0.1) is 0 Å². The van der Waals surface area contributed by atoms with Crippen LogP contribution in [0, 0.1) is 0 Å². The molecule has 7 heteroatoms. The van der Waals surface area contributed by atoms with E-state index in [1.54, 1.807) is 13.3 Å². The molecule has 0 unspecified atom stereocenters. The highest BCUT2D eigenvalue weighted by Crippen LogP contribution is 2.31. The lowest BCUT2D eigenvalue weighted by atomic mass is 10.1. The van der Waals surface area contributed by atoms with Crippen molar-refractivity contribution in [1.29, 1.82) is 0 Å². The lowest BCUT2D eigenvalue weighted by Crippen LogP contribution is -2.26. The van der Waals surface area contributed by atoms with Crippen LogP contribution in [0.25, 0.3) is 0 Å². The second-order valence-corrected chi connectivity index (χ2v) is 8.38. The lowest BCUT2D eigenvalue weighted by molar-refractivity contribution is 0.254. The number of ether oxygens (including phenoxy) is 2. The van der Waals surface area contributed by atoms with Crippen molar-refractivity contribution < 1.29 is 9.47 Å². The lowest BCUT2D eigenvalue weighted by Gasteiger charge is -2.21. The molecule has 0 spiro atoms. The van der Waals surface area contributed by atoms with Gasteiger partial charge in [0.2, 0.25) is 5.95 Å². The Labute approximate surface area is 173 Å². The molecule has 0 bridgehead atoms. The van der Waals surface area contributed by atoms with Crippen molar-refractivity contribution >= 4 is 17.5 Å². The first-order valence-electron chi connectivity index (χ1n) is 10.3. The Morgan fingerprint density at radius 2 is 1.90 bits per heavy atom. The number of nitrogens with zero attached hydrogens (tertiary/aromatic N) is 3. The van der Waals surface area contributed by atoms with Crippen LogP contribution in [0.15, 0.2) is 30.5 Å². The maximum atomic E-state index is 6.01. The summed E-state index contributed by atoms with van der Waals surface area (Å²) in [6.07, 6.45) is 5.38. The summed E-state index contributed by atoms with van der Waals surface area (Å²) < 4.78 is 11.5. The van der Waals surface area contributed by atoms with Gasteiger partial charge < -0.3 is 25.0 Å². The minimum Gasteiger partial charge on any atom is -0.493 e. The summed E-state index contributed by atoms with van der Waals surface area (Å²) in [6, 6.07) is 7.62. The third-order valence-corrected chi connectivity index (χ3v) is 4.65. The van der Waals surface area contributed by atoms with E-state index in [9.17, 15) is 0 Å². The molecule has 2 aromatic rings. The highest BCUT2D eigenvalue weighted by Gasteiger charge is 2.13. The summed E-state index contributed by atoms with van der Waals surface area (Å²) in [7, 11) is 1.66. The van der Waals surface area contributed by atoms with Gasteiger partial charge in [0, 0.05) is 30.0 Å². The zero-order valence-corrected chi connectivity index (χ0v) is 18.0. The topological polar surface area (TPSA) is 71.5 Å². The van der Waals surface area contributed by atoms with Crippen molar-refractivity contribution in [2.24, 2.45) is 0 Å². The Kier molecular flexibility index (Phi) is 7.14. The first-order chi connectivity index (χ1) is 13.9. The maximum absolute atomic E-state index is 6.01. The summed E-state index contributed by atoms with van der Waals surface area (Å²) in [6.45, 7) is 10.5. The molecule has 158 valence electrons. The van der Waals surface area contributed by atoms with Gasteiger partial charge in [-0.3, -0.25) is 0 Å². The van der Waals surface area contributed by atoms with Crippen LogP contribution in [0.1, 0.15) is 40.0 Å². The standard InChI is InChI=1S/C22H33N5O2/c1-22(2,3)26-20-10-11-23-21(25-20)24-17-8-9-18(28-4)19(16-17)29-15-7-14-27-12-5-6-13-27/h8-11,16H,5-7,12-15H2,1-4H3,(H2,23,24,25,26). The predicted octanol–water partition coefficient (Wildman–Crippen LogP) is 4.30. The number of anilines is 3. The van der Waals surface area contributed by atoms with E-state index in [1.165, 1.54) is 25.9 Å². The minimum atomic E-state index is -0.0676. The largest absolute Gasteiger partial charge is 0.493 e. The minimum absolute atomic E-state index is 0.0676. The molecule has 1 aromatic heterocycles. The summed E-state index contributed by atoms with van der Waals surface area (Å²) in [5.74, 6) is 2.76. The normalized spacial score (nSPS) is 14.6. The van der Waals surface area contributed by atoms with Crippen LogP contribution in [0.5, 0.6) is 11.5 Å². The van der Waals surface area contributed by atoms with E-state index in [0.717, 1.165) is 36.0 Å². The Morgan fingerprint density at radius 3 is 2.62 bits per heavy atom. The number of methoxy groups -OCH3 is 1. The fourth-order valence-corrected chi connectivity index (χ4v) is 3.35. The highest BCUT2D eigenvalue weighted by molar-refractivity contribution is 5.60. The fourth-order valence-electron chi connectivity index (χ4n) is 3.35. The van der Waals surface area contributed by atoms with Gasteiger partial charge in [0.25, 0.3) is 0 Å². The van der Waals surface area contributed by atoms with Crippen LogP contribution in [-0.2, 0) is 0 Å². The second kappa shape index (κ2) is 9.78. The van der Waals surface area contributed by atoms with Gasteiger partial charge in [-0.2, -0.15) is 4.98 Å². The van der Waals surface area contributed by atoms with Crippen molar-refractivity contribution in [3.63, 3.8) is 0 Å². The second-order valence-electron chi connectivity index (χ2n) is 8.38. The van der Waals surface area contributed by atoms with Gasteiger partial charge >= 0.3 is 0 Å². The molecule has 1 fully saturated rings. The molecule has 1 aliphatic heterocycles. The Bertz CT molecular complexity index is 785. The van der Waals surface area contributed by atoms with Crippen molar-refractivity contribution in [1.82, 2.24) is 14.9 Å². The van der Waals surface area contributed by atoms with Crippen LogP contribution in [0.2, 0.25) is 0 Å². The number of nitrogens with one attached hydrogen (secondary N) is 2. The number of hydrogen-bond acceptors (Lipinski definition) is 7. The van der Waals surface area contributed by atoms with Crippen molar-refractivity contribution in [2.45, 2.75) is 45.6 Å². The van der Waals surface area contributed by atoms with Gasteiger partial charge in [0.15, 0.2) is 11.5 Å². The molecule has 2 N–H and O–H groups in total. The highest BCUT2D eigenvalue weighted by atomic mass is 16.5.